The lowest BCUT2D eigenvalue weighted by Crippen LogP contribution is -2.40. The maximum absolute atomic E-state index is 12.8. The molecule has 1 amide bonds. The Morgan fingerprint density at radius 1 is 1.09 bits per heavy atom. The van der Waals surface area contributed by atoms with Gasteiger partial charge in [0, 0.05) is 31.2 Å². The van der Waals surface area contributed by atoms with Gasteiger partial charge in [0.1, 0.15) is 5.69 Å². The molecule has 6 nitrogen and oxygen atoms in total. The number of carbonyl (C=O) groups excluding carboxylic acids is 1. The fourth-order valence-electron chi connectivity index (χ4n) is 3.74. The Labute approximate surface area is 135 Å². The van der Waals surface area contributed by atoms with Gasteiger partial charge >= 0.3 is 0 Å². The Morgan fingerprint density at radius 3 is 2.65 bits per heavy atom. The number of pyridine rings is 1. The number of amides is 1. The predicted octanol–water partition coefficient (Wildman–Crippen LogP) is 1.67. The van der Waals surface area contributed by atoms with Gasteiger partial charge in [-0.05, 0) is 38.0 Å². The van der Waals surface area contributed by atoms with Gasteiger partial charge in [-0.15, -0.1) is 0 Å². The van der Waals surface area contributed by atoms with Crippen LogP contribution in [0, 0.1) is 6.92 Å². The van der Waals surface area contributed by atoms with Crippen molar-refractivity contribution in [1.82, 2.24) is 19.9 Å². The number of aryl methyl sites for hydroxylation is 1. The van der Waals surface area contributed by atoms with Crippen LogP contribution in [0.25, 0.3) is 0 Å². The topological polar surface area (TPSA) is 62.2 Å². The second-order valence-electron chi connectivity index (χ2n) is 6.12. The fraction of sp³-hybridized carbons (Fsp3) is 0.412. The first-order valence-corrected chi connectivity index (χ1v) is 8.02. The maximum atomic E-state index is 12.8. The Hall–Kier alpha value is -2.50. The molecule has 6 heteroatoms. The second-order valence-corrected chi connectivity index (χ2v) is 6.12. The first-order chi connectivity index (χ1) is 11.2. The third-order valence-electron chi connectivity index (χ3n) is 4.75. The standard InChI is InChI=1S/C17H19N5O/c1-12-4-2-5-13(20-12)16(23)21-10-6-15-14(21)7-11-22(15)17-18-8-3-9-19-17/h2-5,8-9,14-15H,6-7,10-11H2,1H3/t14-,15-/m0/s1. The number of anilines is 1. The van der Waals surface area contributed by atoms with E-state index in [1.807, 2.05) is 30.0 Å². The zero-order valence-electron chi connectivity index (χ0n) is 13.1. The first-order valence-electron chi connectivity index (χ1n) is 8.02. The molecule has 2 aliphatic rings. The number of nitrogens with zero attached hydrogens (tertiary/aromatic N) is 5. The van der Waals surface area contributed by atoms with E-state index < -0.39 is 0 Å². The van der Waals surface area contributed by atoms with E-state index >= 15 is 0 Å². The number of rotatable bonds is 2. The highest BCUT2D eigenvalue weighted by Crippen LogP contribution is 2.34. The average molecular weight is 309 g/mol. The van der Waals surface area contributed by atoms with Crippen LogP contribution in [0.4, 0.5) is 5.95 Å². The minimum Gasteiger partial charge on any atom is -0.336 e. The molecule has 0 aromatic carbocycles. The summed E-state index contributed by atoms with van der Waals surface area (Å²) in [5.41, 5.74) is 1.41. The third kappa shape index (κ3) is 2.44. The molecular weight excluding hydrogens is 290 g/mol. The molecule has 0 unspecified atom stereocenters. The summed E-state index contributed by atoms with van der Waals surface area (Å²) in [5.74, 6) is 0.806. The van der Waals surface area contributed by atoms with Crippen molar-refractivity contribution < 1.29 is 4.79 Å². The van der Waals surface area contributed by atoms with Crippen LogP contribution in [0.1, 0.15) is 29.0 Å². The zero-order valence-corrected chi connectivity index (χ0v) is 13.1. The van der Waals surface area contributed by atoms with Crippen LogP contribution in [-0.4, -0.2) is 50.9 Å². The Balaban J connectivity index is 1.55. The number of carbonyl (C=O) groups is 1. The molecule has 2 aliphatic heterocycles. The predicted molar refractivity (Wildman–Crippen MR) is 86.2 cm³/mol. The van der Waals surface area contributed by atoms with E-state index in [-0.39, 0.29) is 11.9 Å². The molecule has 0 bridgehead atoms. The summed E-state index contributed by atoms with van der Waals surface area (Å²) in [6, 6.07) is 7.97. The SMILES string of the molecule is Cc1cccc(C(=O)N2CC[C@H]3[C@@H]2CCN3c2ncccn2)n1. The van der Waals surface area contributed by atoms with Crippen LogP contribution in [0.2, 0.25) is 0 Å². The van der Waals surface area contributed by atoms with Gasteiger partial charge in [0.15, 0.2) is 0 Å². The fourth-order valence-corrected chi connectivity index (χ4v) is 3.74. The van der Waals surface area contributed by atoms with Crippen molar-refractivity contribution in [2.45, 2.75) is 31.8 Å². The van der Waals surface area contributed by atoms with Gasteiger partial charge in [0.05, 0.1) is 12.1 Å². The molecule has 118 valence electrons. The van der Waals surface area contributed by atoms with Crippen molar-refractivity contribution in [3.05, 3.63) is 48.0 Å². The van der Waals surface area contributed by atoms with Gasteiger partial charge in [-0.3, -0.25) is 4.79 Å². The van der Waals surface area contributed by atoms with Crippen LogP contribution >= 0.6 is 0 Å². The van der Waals surface area contributed by atoms with E-state index in [4.69, 9.17) is 0 Å². The Morgan fingerprint density at radius 2 is 1.87 bits per heavy atom. The molecular formula is C17H19N5O. The molecule has 0 radical (unpaired) electrons. The molecule has 0 N–H and O–H groups in total. The van der Waals surface area contributed by atoms with Crippen molar-refractivity contribution >= 4 is 11.9 Å². The van der Waals surface area contributed by atoms with Crippen LogP contribution in [0.3, 0.4) is 0 Å². The molecule has 4 rings (SSSR count). The van der Waals surface area contributed by atoms with E-state index in [2.05, 4.69) is 19.9 Å². The van der Waals surface area contributed by atoms with E-state index in [1.54, 1.807) is 18.5 Å². The van der Waals surface area contributed by atoms with Crippen LogP contribution in [-0.2, 0) is 0 Å². The molecule has 0 spiro atoms. The number of aromatic nitrogens is 3. The molecule has 0 aliphatic carbocycles. The molecule has 2 aromatic heterocycles. The number of fused-ring (bicyclic) bond motifs is 1. The van der Waals surface area contributed by atoms with Crippen molar-refractivity contribution in [3.63, 3.8) is 0 Å². The summed E-state index contributed by atoms with van der Waals surface area (Å²) >= 11 is 0. The highest BCUT2D eigenvalue weighted by atomic mass is 16.2. The summed E-state index contributed by atoms with van der Waals surface area (Å²) < 4.78 is 0. The summed E-state index contributed by atoms with van der Waals surface area (Å²) in [5, 5.41) is 0. The normalized spacial score (nSPS) is 23.2. The second kappa shape index (κ2) is 5.61. The molecule has 2 atom stereocenters. The average Bonchev–Trinajstić information content (AvgIpc) is 3.16. The summed E-state index contributed by atoms with van der Waals surface area (Å²) in [6.45, 7) is 3.57. The lowest BCUT2D eigenvalue weighted by molar-refractivity contribution is 0.0731. The van der Waals surface area contributed by atoms with Gasteiger partial charge in [0.25, 0.3) is 5.91 Å². The molecule has 2 aromatic rings. The van der Waals surface area contributed by atoms with Gasteiger partial charge in [0.2, 0.25) is 5.95 Å². The van der Waals surface area contributed by atoms with Gasteiger partial charge in [-0.25, -0.2) is 15.0 Å². The van der Waals surface area contributed by atoms with E-state index in [1.165, 1.54) is 0 Å². The molecule has 0 saturated carbocycles. The third-order valence-corrected chi connectivity index (χ3v) is 4.75. The summed E-state index contributed by atoms with van der Waals surface area (Å²) in [4.78, 5) is 30.1. The summed E-state index contributed by atoms with van der Waals surface area (Å²) in [6.07, 6.45) is 5.45. The molecule has 2 saturated heterocycles. The monoisotopic (exact) mass is 309 g/mol. The van der Waals surface area contributed by atoms with E-state index in [0.29, 0.717) is 11.7 Å². The van der Waals surface area contributed by atoms with Crippen LogP contribution < -0.4 is 4.90 Å². The largest absolute Gasteiger partial charge is 0.336 e. The first kappa shape index (κ1) is 14.1. The highest BCUT2D eigenvalue weighted by molar-refractivity contribution is 5.93. The highest BCUT2D eigenvalue weighted by Gasteiger charge is 2.45. The quantitative estimate of drug-likeness (QED) is 0.844. The van der Waals surface area contributed by atoms with Gasteiger partial charge < -0.3 is 9.80 Å². The molecule has 2 fully saturated rings. The lowest BCUT2D eigenvalue weighted by atomic mass is 10.1. The minimum atomic E-state index is 0.0389. The van der Waals surface area contributed by atoms with Crippen LogP contribution in [0.15, 0.2) is 36.7 Å². The van der Waals surface area contributed by atoms with Crippen molar-refractivity contribution in [1.29, 1.82) is 0 Å². The molecule has 4 heterocycles. The minimum absolute atomic E-state index is 0.0389. The summed E-state index contributed by atoms with van der Waals surface area (Å²) in [7, 11) is 0. The smallest absolute Gasteiger partial charge is 0.272 e. The Kier molecular flexibility index (Phi) is 3.44. The lowest BCUT2D eigenvalue weighted by Gasteiger charge is -2.25. The van der Waals surface area contributed by atoms with E-state index in [0.717, 1.165) is 37.6 Å². The number of hydrogen-bond donors (Lipinski definition) is 0. The van der Waals surface area contributed by atoms with Gasteiger partial charge in [-0.1, -0.05) is 6.07 Å². The maximum Gasteiger partial charge on any atom is 0.272 e. The van der Waals surface area contributed by atoms with Crippen molar-refractivity contribution in [2.24, 2.45) is 0 Å². The molecule has 23 heavy (non-hydrogen) atoms. The van der Waals surface area contributed by atoms with Crippen molar-refractivity contribution in [2.75, 3.05) is 18.0 Å². The van der Waals surface area contributed by atoms with E-state index in [9.17, 15) is 4.79 Å². The van der Waals surface area contributed by atoms with Crippen LogP contribution in [0.5, 0.6) is 0 Å². The zero-order chi connectivity index (χ0) is 15.8. The van der Waals surface area contributed by atoms with Crippen molar-refractivity contribution in [3.8, 4) is 0 Å². The Bertz CT molecular complexity index is 720. The number of hydrogen-bond acceptors (Lipinski definition) is 5. The van der Waals surface area contributed by atoms with Gasteiger partial charge in [-0.2, -0.15) is 0 Å². The number of likely N-dealkylation sites (tertiary alicyclic amines) is 1.